The number of hydrogen-bond donors (Lipinski definition) is 1. The number of aromatic nitrogens is 1. The summed E-state index contributed by atoms with van der Waals surface area (Å²) in [5.41, 5.74) is 6.60. The molecule has 1 aliphatic carbocycles. The van der Waals surface area contributed by atoms with Crippen LogP contribution in [-0.4, -0.2) is 30.3 Å². The van der Waals surface area contributed by atoms with Crippen LogP contribution in [0.2, 0.25) is 0 Å². The molecule has 4 aromatic rings. The third-order valence-corrected chi connectivity index (χ3v) is 7.25. The number of rotatable bonds is 5. The van der Waals surface area contributed by atoms with Crippen molar-refractivity contribution in [3.63, 3.8) is 0 Å². The fourth-order valence-corrected chi connectivity index (χ4v) is 5.61. The highest BCUT2D eigenvalue weighted by Crippen LogP contribution is 2.53. The van der Waals surface area contributed by atoms with E-state index in [9.17, 15) is 5.11 Å². The molecule has 32 heavy (non-hydrogen) atoms. The Kier molecular flexibility index (Phi) is 4.89. The van der Waals surface area contributed by atoms with Gasteiger partial charge in [-0.05, 0) is 53.1 Å². The molecule has 2 aromatic heterocycles. The van der Waals surface area contributed by atoms with Crippen molar-refractivity contribution in [3.8, 4) is 10.4 Å². The van der Waals surface area contributed by atoms with Gasteiger partial charge in [-0.2, -0.15) is 0 Å². The summed E-state index contributed by atoms with van der Waals surface area (Å²) >= 11 is 1.69. The molecule has 1 N–H and O–H groups in total. The normalized spacial score (nSPS) is 14.3. The van der Waals surface area contributed by atoms with Crippen molar-refractivity contribution in [3.05, 3.63) is 81.8 Å². The number of benzene rings is 2. The molecule has 0 atom stereocenters. The lowest BCUT2D eigenvalue weighted by molar-refractivity contribution is 0.304. The first-order valence-electron chi connectivity index (χ1n) is 10.5. The van der Waals surface area contributed by atoms with E-state index in [0.717, 1.165) is 16.1 Å². The van der Waals surface area contributed by atoms with Crippen LogP contribution < -0.4 is 4.90 Å². The number of thiophene rings is 1. The molecule has 1 aliphatic rings. The zero-order valence-electron chi connectivity index (χ0n) is 18.2. The minimum absolute atomic E-state index is 0.128. The zero-order valence-corrected chi connectivity index (χ0v) is 19.0. The standard InChI is InChI=1S/C26H23N3O2S/c1-26(2)19-13-16(29(4)11-12-30)9-10-18(19)24-20(26)14-17(32-24)15-22(27-3)25-28-21-7-5-6-8-23(21)31-25/h5-10,13-15,30H,11-12H2,1-2,4H3/b22-15-. The van der Waals surface area contributed by atoms with Crippen molar-refractivity contribution in [2.24, 2.45) is 0 Å². The Bertz CT molecular complexity index is 1370. The summed E-state index contributed by atoms with van der Waals surface area (Å²) in [5.74, 6) is 0.353. The second-order valence-corrected chi connectivity index (χ2v) is 9.60. The van der Waals surface area contributed by atoms with Gasteiger partial charge in [-0.15, -0.1) is 11.3 Å². The SMILES string of the molecule is [C-]#[N+]/C(=C\c1cc2c(s1)-c1ccc(N(C)CCO)cc1C2(C)C)c1nc2ccccc2o1. The van der Waals surface area contributed by atoms with Crippen LogP contribution in [0.4, 0.5) is 5.69 Å². The number of aliphatic hydroxyl groups excluding tert-OH is 1. The lowest BCUT2D eigenvalue weighted by Crippen LogP contribution is -2.22. The van der Waals surface area contributed by atoms with Crippen LogP contribution in [0.3, 0.4) is 0 Å². The van der Waals surface area contributed by atoms with Crippen molar-refractivity contribution in [2.75, 3.05) is 25.1 Å². The van der Waals surface area contributed by atoms with Gasteiger partial charge in [0, 0.05) is 34.4 Å². The topological polar surface area (TPSA) is 53.9 Å². The predicted molar refractivity (Wildman–Crippen MR) is 131 cm³/mol. The minimum atomic E-state index is -0.140. The van der Waals surface area contributed by atoms with E-state index >= 15 is 0 Å². The Morgan fingerprint density at radius 3 is 2.78 bits per heavy atom. The summed E-state index contributed by atoms with van der Waals surface area (Å²) in [5, 5.41) is 9.27. The molecule has 2 aromatic carbocycles. The Balaban J connectivity index is 1.54. The molecular formula is C26H23N3O2S. The van der Waals surface area contributed by atoms with Crippen molar-refractivity contribution in [2.45, 2.75) is 19.3 Å². The summed E-state index contributed by atoms with van der Waals surface area (Å²) in [4.78, 5) is 12.5. The molecule has 0 fully saturated rings. The summed E-state index contributed by atoms with van der Waals surface area (Å²) in [6, 6.07) is 16.3. The van der Waals surface area contributed by atoms with Gasteiger partial charge in [-0.1, -0.05) is 32.0 Å². The number of anilines is 1. The number of nitrogens with zero attached hydrogens (tertiary/aromatic N) is 3. The number of likely N-dealkylation sites (N-methyl/N-ethyl adjacent to an activating group) is 1. The highest BCUT2D eigenvalue weighted by molar-refractivity contribution is 7.16. The van der Waals surface area contributed by atoms with E-state index in [1.165, 1.54) is 21.6 Å². The second-order valence-electron chi connectivity index (χ2n) is 8.52. The van der Waals surface area contributed by atoms with Crippen molar-refractivity contribution < 1.29 is 9.52 Å². The molecule has 0 unspecified atom stereocenters. The van der Waals surface area contributed by atoms with Gasteiger partial charge in [-0.25, -0.2) is 9.83 Å². The molecule has 0 radical (unpaired) electrons. The third kappa shape index (κ3) is 3.22. The maximum absolute atomic E-state index is 9.27. The van der Waals surface area contributed by atoms with E-state index in [2.05, 4.69) is 52.8 Å². The first-order chi connectivity index (χ1) is 15.4. The van der Waals surface area contributed by atoms with Crippen molar-refractivity contribution >= 4 is 39.9 Å². The Morgan fingerprint density at radius 1 is 1.22 bits per heavy atom. The van der Waals surface area contributed by atoms with Crippen LogP contribution in [-0.2, 0) is 5.41 Å². The fraction of sp³-hybridized carbons (Fsp3) is 0.231. The average molecular weight is 442 g/mol. The molecule has 2 heterocycles. The quantitative estimate of drug-likeness (QED) is 0.384. The Hall–Kier alpha value is -3.40. The molecule has 6 heteroatoms. The van der Waals surface area contributed by atoms with Crippen LogP contribution in [0.1, 0.15) is 35.7 Å². The Morgan fingerprint density at radius 2 is 2.03 bits per heavy atom. The van der Waals surface area contributed by atoms with Gasteiger partial charge in [0.25, 0.3) is 0 Å². The molecule has 0 bridgehead atoms. The first kappa shape index (κ1) is 20.5. The van der Waals surface area contributed by atoms with Crippen LogP contribution in [0.25, 0.3) is 38.2 Å². The number of fused-ring (bicyclic) bond motifs is 4. The molecule has 5 rings (SSSR count). The van der Waals surface area contributed by atoms with Gasteiger partial charge in [0.15, 0.2) is 5.58 Å². The third-order valence-electron chi connectivity index (χ3n) is 6.13. The van der Waals surface area contributed by atoms with E-state index in [1.807, 2.05) is 37.4 Å². The van der Waals surface area contributed by atoms with Gasteiger partial charge < -0.3 is 14.4 Å². The van der Waals surface area contributed by atoms with Gasteiger partial charge in [0.2, 0.25) is 11.6 Å². The van der Waals surface area contributed by atoms with Crippen molar-refractivity contribution in [1.29, 1.82) is 0 Å². The lowest BCUT2D eigenvalue weighted by atomic mass is 9.82. The van der Waals surface area contributed by atoms with E-state index in [1.54, 1.807) is 11.3 Å². The van der Waals surface area contributed by atoms with E-state index < -0.39 is 0 Å². The maximum Gasteiger partial charge on any atom is 0.249 e. The molecule has 5 nitrogen and oxygen atoms in total. The molecule has 0 amide bonds. The molecule has 0 saturated heterocycles. The maximum atomic E-state index is 9.27. The van der Waals surface area contributed by atoms with E-state index in [0.29, 0.717) is 23.7 Å². The van der Waals surface area contributed by atoms with Crippen LogP contribution in [0.15, 0.2) is 52.9 Å². The number of hydrogen-bond acceptors (Lipinski definition) is 5. The number of aliphatic hydroxyl groups is 1. The summed E-state index contributed by atoms with van der Waals surface area (Å²) in [6.45, 7) is 12.9. The van der Waals surface area contributed by atoms with Crippen molar-refractivity contribution in [1.82, 2.24) is 4.98 Å². The molecule has 0 aliphatic heterocycles. The zero-order chi connectivity index (χ0) is 22.5. The molecule has 0 spiro atoms. The van der Waals surface area contributed by atoms with Gasteiger partial charge in [0.1, 0.15) is 5.52 Å². The first-order valence-corrected chi connectivity index (χ1v) is 11.3. The highest BCUT2D eigenvalue weighted by atomic mass is 32.1. The van der Waals surface area contributed by atoms with E-state index in [-0.39, 0.29) is 12.0 Å². The van der Waals surface area contributed by atoms with E-state index in [4.69, 9.17) is 11.0 Å². The fourth-order valence-electron chi connectivity index (χ4n) is 4.31. The summed E-state index contributed by atoms with van der Waals surface area (Å²) < 4.78 is 5.81. The number of para-hydroxylation sites is 2. The average Bonchev–Trinajstić information content (AvgIpc) is 3.46. The largest absolute Gasteiger partial charge is 0.447 e. The van der Waals surface area contributed by atoms with Crippen LogP contribution in [0, 0.1) is 6.57 Å². The molecular weight excluding hydrogens is 418 g/mol. The number of oxazole rings is 1. The van der Waals surface area contributed by atoms with Gasteiger partial charge >= 0.3 is 0 Å². The summed E-state index contributed by atoms with van der Waals surface area (Å²) in [7, 11) is 2.00. The monoisotopic (exact) mass is 441 g/mol. The van der Waals surface area contributed by atoms with Gasteiger partial charge in [0.05, 0.1) is 13.2 Å². The predicted octanol–water partition coefficient (Wildman–Crippen LogP) is 6.04. The van der Waals surface area contributed by atoms with Crippen LogP contribution in [0.5, 0.6) is 0 Å². The highest BCUT2D eigenvalue weighted by Gasteiger charge is 2.37. The molecule has 160 valence electrons. The minimum Gasteiger partial charge on any atom is -0.447 e. The smallest absolute Gasteiger partial charge is 0.249 e. The van der Waals surface area contributed by atoms with Gasteiger partial charge in [-0.3, -0.25) is 0 Å². The molecule has 0 saturated carbocycles. The summed E-state index contributed by atoms with van der Waals surface area (Å²) in [6.07, 6.45) is 1.87. The second kappa shape index (κ2) is 7.63. The Labute approximate surface area is 191 Å². The lowest BCUT2D eigenvalue weighted by Gasteiger charge is -2.24. The van der Waals surface area contributed by atoms with Crippen LogP contribution >= 0.6 is 11.3 Å².